The average molecular weight is 522 g/mol. The molecule has 3 aliphatic heterocycles. The van der Waals surface area contributed by atoms with Gasteiger partial charge in [0, 0.05) is 51.4 Å². The quantitative estimate of drug-likeness (QED) is 0.625. The van der Waals surface area contributed by atoms with E-state index >= 15 is 0 Å². The summed E-state index contributed by atoms with van der Waals surface area (Å²) in [6, 6.07) is 10.4. The second-order valence-electron chi connectivity index (χ2n) is 10.3. The molecule has 2 aromatic rings. The minimum atomic E-state index is -0.242. The molecule has 3 heterocycles. The Morgan fingerprint density at radius 1 is 1.08 bits per heavy atom. The Labute approximate surface area is 222 Å². The van der Waals surface area contributed by atoms with E-state index in [2.05, 4.69) is 5.32 Å². The number of hydrogen-bond donors (Lipinski definition) is 2. The number of ether oxygens (including phenoxy) is 2. The number of hydrogen-bond acceptors (Lipinski definition) is 6. The third kappa shape index (κ3) is 5.71. The number of aryl methyl sites for hydroxylation is 1. The van der Waals surface area contributed by atoms with Gasteiger partial charge in [-0.3, -0.25) is 14.4 Å². The molecule has 3 aliphatic rings. The number of carbonyl (C=O) groups excluding carboxylic acids is 3. The number of likely N-dealkylation sites (tertiary alicyclic amines) is 2. The maximum Gasteiger partial charge on any atom is 0.222 e. The summed E-state index contributed by atoms with van der Waals surface area (Å²) in [6.07, 6.45) is 4.33. The Hall–Kier alpha value is -3.75. The first-order valence-electron chi connectivity index (χ1n) is 13.4. The van der Waals surface area contributed by atoms with Gasteiger partial charge in [0.25, 0.3) is 0 Å². The zero-order valence-corrected chi connectivity index (χ0v) is 21.8. The van der Waals surface area contributed by atoms with Gasteiger partial charge in [0.15, 0.2) is 23.0 Å². The number of piperidine rings is 1. The fourth-order valence-electron chi connectivity index (χ4n) is 5.62. The van der Waals surface area contributed by atoms with Crippen LogP contribution < -0.4 is 14.8 Å². The topological polar surface area (TPSA) is 108 Å². The van der Waals surface area contributed by atoms with E-state index in [9.17, 15) is 19.5 Å². The van der Waals surface area contributed by atoms with E-state index < -0.39 is 0 Å². The first-order valence-corrected chi connectivity index (χ1v) is 13.4. The highest BCUT2D eigenvalue weighted by Crippen LogP contribution is 2.40. The lowest BCUT2D eigenvalue weighted by Crippen LogP contribution is -2.40. The smallest absolute Gasteiger partial charge is 0.222 e. The Morgan fingerprint density at radius 3 is 2.76 bits per heavy atom. The highest BCUT2D eigenvalue weighted by atomic mass is 16.5. The number of benzene rings is 2. The maximum atomic E-state index is 13.2. The van der Waals surface area contributed by atoms with Crippen molar-refractivity contribution in [2.24, 2.45) is 0 Å². The van der Waals surface area contributed by atoms with Crippen LogP contribution in [0.5, 0.6) is 23.0 Å². The van der Waals surface area contributed by atoms with Crippen molar-refractivity contribution in [3.63, 3.8) is 0 Å². The Morgan fingerprint density at radius 2 is 1.95 bits per heavy atom. The van der Waals surface area contributed by atoms with Crippen LogP contribution in [-0.2, 0) is 20.8 Å². The zero-order chi connectivity index (χ0) is 26.6. The van der Waals surface area contributed by atoms with Crippen molar-refractivity contribution in [3.8, 4) is 23.0 Å². The Kier molecular flexibility index (Phi) is 7.72. The number of carbonyl (C=O) groups is 3. The summed E-state index contributed by atoms with van der Waals surface area (Å²) in [7, 11) is 1.56. The van der Waals surface area contributed by atoms with Gasteiger partial charge in [-0.2, -0.15) is 0 Å². The first-order chi connectivity index (χ1) is 18.4. The first kappa shape index (κ1) is 25.9. The number of rotatable bonds is 5. The van der Waals surface area contributed by atoms with Crippen LogP contribution in [0.3, 0.4) is 0 Å². The Balaban J connectivity index is 1.35. The number of fused-ring (bicyclic) bond motifs is 6. The molecule has 9 heteroatoms. The molecule has 2 fully saturated rings. The van der Waals surface area contributed by atoms with E-state index in [4.69, 9.17) is 9.47 Å². The van der Waals surface area contributed by atoms with Crippen LogP contribution in [0.25, 0.3) is 0 Å². The van der Waals surface area contributed by atoms with Crippen LogP contribution in [0.2, 0.25) is 0 Å². The van der Waals surface area contributed by atoms with Crippen LogP contribution >= 0.6 is 0 Å². The molecule has 2 aromatic carbocycles. The zero-order valence-electron chi connectivity index (χ0n) is 21.8. The highest BCUT2D eigenvalue weighted by molar-refractivity contribution is 5.79. The molecule has 2 saturated heterocycles. The molecule has 0 unspecified atom stereocenters. The maximum absolute atomic E-state index is 13.2. The van der Waals surface area contributed by atoms with Gasteiger partial charge in [0.1, 0.15) is 0 Å². The third-order valence-electron chi connectivity index (χ3n) is 7.76. The predicted octanol–water partition coefficient (Wildman–Crippen LogP) is 3.34. The van der Waals surface area contributed by atoms with Crippen LogP contribution in [-0.4, -0.2) is 72.0 Å². The molecule has 4 bridgehead atoms. The van der Waals surface area contributed by atoms with Gasteiger partial charge >= 0.3 is 0 Å². The number of phenols is 1. The molecule has 3 amide bonds. The fourth-order valence-corrected chi connectivity index (χ4v) is 5.62. The number of phenolic OH excluding ortho intramolecular Hbond substituents is 1. The van der Waals surface area contributed by atoms with E-state index in [-0.39, 0.29) is 41.9 Å². The molecule has 0 spiro atoms. The molecule has 9 nitrogen and oxygen atoms in total. The van der Waals surface area contributed by atoms with Gasteiger partial charge < -0.3 is 29.7 Å². The van der Waals surface area contributed by atoms with Crippen molar-refractivity contribution in [1.29, 1.82) is 0 Å². The van der Waals surface area contributed by atoms with Crippen LogP contribution in [0.15, 0.2) is 36.4 Å². The summed E-state index contributed by atoms with van der Waals surface area (Å²) < 4.78 is 11.6. The summed E-state index contributed by atoms with van der Waals surface area (Å²) in [6.45, 7) is 2.27. The van der Waals surface area contributed by atoms with Crippen LogP contribution in [0, 0.1) is 0 Å². The van der Waals surface area contributed by atoms with E-state index in [0.29, 0.717) is 62.6 Å². The van der Waals surface area contributed by atoms with Crippen molar-refractivity contribution in [3.05, 3.63) is 47.5 Å². The van der Waals surface area contributed by atoms with Crippen molar-refractivity contribution in [2.45, 2.75) is 56.9 Å². The lowest BCUT2D eigenvalue weighted by Gasteiger charge is -2.26. The second kappa shape index (κ2) is 11.3. The Bertz CT molecular complexity index is 1210. The molecular weight excluding hydrogens is 486 g/mol. The minimum absolute atomic E-state index is 0.00213. The van der Waals surface area contributed by atoms with E-state index in [0.717, 1.165) is 30.5 Å². The van der Waals surface area contributed by atoms with Crippen molar-refractivity contribution < 1.29 is 29.0 Å². The number of nitrogens with zero attached hydrogens (tertiary/aromatic N) is 2. The molecular formula is C29H35N3O6. The summed E-state index contributed by atoms with van der Waals surface area (Å²) >= 11 is 0. The van der Waals surface area contributed by atoms with Crippen molar-refractivity contribution >= 4 is 17.7 Å². The molecule has 2 atom stereocenters. The van der Waals surface area contributed by atoms with Gasteiger partial charge in [0.2, 0.25) is 17.7 Å². The molecule has 2 N–H and O–H groups in total. The van der Waals surface area contributed by atoms with Crippen molar-refractivity contribution in [1.82, 2.24) is 15.1 Å². The minimum Gasteiger partial charge on any atom is -0.504 e. The van der Waals surface area contributed by atoms with E-state index in [1.807, 2.05) is 28.0 Å². The molecule has 0 saturated carbocycles. The predicted molar refractivity (Wildman–Crippen MR) is 140 cm³/mol. The standard InChI is InChI=1S/C29H35N3O6/c1-37-24-11-9-20-16-26(24)38-25-15-19(7-10-23(25)33)8-12-27(34)30-22-18-32(17-21(20)22)29(36)6-4-14-31-13-3-2-5-28(31)35/h7,9-11,15-16,21-22,33H,2-6,8,12-14,17-18H2,1H3,(H,30,34)/t21-,22+/m0/s1. The summed E-state index contributed by atoms with van der Waals surface area (Å²) in [5, 5.41) is 13.5. The molecule has 0 radical (unpaired) electrons. The fraction of sp³-hybridized carbons (Fsp3) is 0.483. The highest BCUT2D eigenvalue weighted by Gasteiger charge is 2.37. The van der Waals surface area contributed by atoms with E-state index in [1.165, 1.54) is 0 Å². The normalized spacial score (nSPS) is 21.4. The lowest BCUT2D eigenvalue weighted by atomic mass is 9.93. The summed E-state index contributed by atoms with van der Waals surface area (Å²) in [5.74, 6) is 1.27. The number of methoxy groups -OCH3 is 1. The number of nitrogens with one attached hydrogen (secondary N) is 1. The summed E-state index contributed by atoms with van der Waals surface area (Å²) in [5.41, 5.74) is 1.78. The van der Waals surface area contributed by atoms with Gasteiger partial charge in [0.05, 0.1) is 13.2 Å². The van der Waals surface area contributed by atoms with Crippen LogP contribution in [0.1, 0.15) is 55.6 Å². The molecule has 202 valence electrons. The second-order valence-corrected chi connectivity index (χ2v) is 10.3. The molecule has 0 aliphatic carbocycles. The average Bonchev–Trinajstić information content (AvgIpc) is 3.33. The largest absolute Gasteiger partial charge is 0.504 e. The van der Waals surface area contributed by atoms with E-state index in [1.54, 1.807) is 25.3 Å². The number of amides is 3. The monoisotopic (exact) mass is 521 g/mol. The lowest BCUT2D eigenvalue weighted by molar-refractivity contribution is -0.134. The van der Waals surface area contributed by atoms with Gasteiger partial charge in [-0.1, -0.05) is 12.1 Å². The summed E-state index contributed by atoms with van der Waals surface area (Å²) in [4.78, 5) is 41.8. The third-order valence-corrected chi connectivity index (χ3v) is 7.76. The molecule has 5 rings (SSSR count). The number of aromatic hydroxyl groups is 1. The SMILES string of the molecule is COc1ccc2cc1Oc1cc(ccc1O)CCC(=O)N[C@@H]1CN(C(=O)CCCN3CCCCC3=O)C[C@@H]21. The molecule has 0 aromatic heterocycles. The van der Waals surface area contributed by atoms with Gasteiger partial charge in [-0.15, -0.1) is 0 Å². The van der Waals surface area contributed by atoms with Gasteiger partial charge in [-0.25, -0.2) is 0 Å². The van der Waals surface area contributed by atoms with Crippen LogP contribution in [0.4, 0.5) is 0 Å². The molecule has 38 heavy (non-hydrogen) atoms. The van der Waals surface area contributed by atoms with Gasteiger partial charge in [-0.05, 0) is 61.1 Å². The van der Waals surface area contributed by atoms with Crippen molar-refractivity contribution in [2.75, 3.05) is 33.3 Å².